The van der Waals surface area contributed by atoms with Crippen LogP contribution in [-0.2, 0) is 41.0 Å². The lowest BCUT2D eigenvalue weighted by molar-refractivity contribution is -0.119. The van der Waals surface area contributed by atoms with Crippen molar-refractivity contribution in [3.63, 3.8) is 0 Å². The smallest absolute Gasteiger partial charge is 0.342 e. The number of allylic oxidation sites excluding steroid dienone is 2. The van der Waals surface area contributed by atoms with Crippen molar-refractivity contribution < 1.29 is 42.2 Å². The zero-order chi connectivity index (χ0) is 28.0. The average molecular weight is 555 g/mol. The average Bonchev–Trinajstić information content (AvgIpc) is 3.17. The number of hydrogen-bond donors (Lipinski definition) is 0. The minimum absolute atomic E-state index is 0.104. The van der Waals surface area contributed by atoms with Gasteiger partial charge in [-0.1, -0.05) is 31.3 Å². The van der Waals surface area contributed by atoms with Gasteiger partial charge in [0, 0.05) is 19.2 Å². The number of carbonyl (C=O) groups excluding carboxylic acids is 3. The van der Waals surface area contributed by atoms with E-state index in [0.29, 0.717) is 41.2 Å². The largest absolute Gasteiger partial charge is 0.496 e. The summed E-state index contributed by atoms with van der Waals surface area (Å²) in [5.41, 5.74) is 3.34. The number of rotatable bonds is 15. The second kappa shape index (κ2) is 13.0. The summed E-state index contributed by atoms with van der Waals surface area (Å²) in [4.78, 5) is 35.4. The van der Waals surface area contributed by atoms with E-state index in [4.69, 9.17) is 23.3 Å². The van der Waals surface area contributed by atoms with E-state index < -0.39 is 21.6 Å². The molecule has 1 aliphatic rings. The molecule has 206 valence electrons. The Morgan fingerprint density at radius 2 is 1.65 bits per heavy atom. The van der Waals surface area contributed by atoms with Gasteiger partial charge in [-0.3, -0.25) is 14.2 Å². The van der Waals surface area contributed by atoms with Gasteiger partial charge in [0.2, 0.25) is 0 Å². The molecule has 37 heavy (non-hydrogen) atoms. The third-order valence-corrected chi connectivity index (χ3v) is 9.39. The van der Waals surface area contributed by atoms with Crippen molar-refractivity contribution in [2.75, 3.05) is 33.1 Å². The molecular formula is C26H39O9PSi. The molecule has 0 N–H and O–H groups in total. The summed E-state index contributed by atoms with van der Waals surface area (Å²) in [5, 5.41) is 0. The summed E-state index contributed by atoms with van der Waals surface area (Å²) in [6.45, 7) is 12.9. The van der Waals surface area contributed by atoms with Crippen LogP contribution in [0, 0.1) is 6.92 Å². The predicted molar refractivity (Wildman–Crippen MR) is 144 cm³/mol. The summed E-state index contributed by atoms with van der Waals surface area (Å²) >= 11 is 0. The van der Waals surface area contributed by atoms with E-state index >= 15 is 0 Å². The van der Waals surface area contributed by atoms with Crippen molar-refractivity contribution in [1.29, 1.82) is 0 Å². The van der Waals surface area contributed by atoms with Gasteiger partial charge in [-0.05, 0) is 45.7 Å². The molecule has 0 bridgehead atoms. The Kier molecular flexibility index (Phi) is 10.9. The Balaban J connectivity index is 2.42. The fourth-order valence-corrected chi connectivity index (χ4v) is 6.25. The number of ketones is 2. The quantitative estimate of drug-likeness (QED) is 0.124. The van der Waals surface area contributed by atoms with Gasteiger partial charge in [0.15, 0.2) is 11.6 Å². The molecule has 2 rings (SSSR count). The Bertz CT molecular complexity index is 1100. The van der Waals surface area contributed by atoms with Crippen LogP contribution >= 0.6 is 7.60 Å². The van der Waals surface area contributed by atoms with Crippen molar-refractivity contribution in [2.45, 2.75) is 66.4 Å². The lowest BCUT2D eigenvalue weighted by Crippen LogP contribution is -2.23. The molecule has 0 saturated heterocycles. The molecule has 0 radical (unpaired) electrons. The molecule has 0 amide bonds. The van der Waals surface area contributed by atoms with Crippen molar-refractivity contribution in [3.05, 3.63) is 33.9 Å². The van der Waals surface area contributed by atoms with E-state index in [-0.39, 0.29) is 37.5 Å². The van der Waals surface area contributed by atoms with Crippen LogP contribution in [0.15, 0.2) is 11.6 Å². The van der Waals surface area contributed by atoms with E-state index in [1.165, 1.54) is 13.8 Å². The van der Waals surface area contributed by atoms with Crippen LogP contribution in [0.4, 0.5) is 0 Å². The van der Waals surface area contributed by atoms with Crippen molar-refractivity contribution in [2.24, 2.45) is 0 Å². The highest BCUT2D eigenvalue weighted by atomic mass is 31.2. The first-order valence-electron chi connectivity index (χ1n) is 12.2. The van der Waals surface area contributed by atoms with Crippen LogP contribution in [0.25, 0.3) is 0 Å². The topological polar surface area (TPSA) is 114 Å². The molecule has 0 unspecified atom stereocenters. The highest BCUT2D eigenvalue weighted by Gasteiger charge is 2.33. The van der Waals surface area contributed by atoms with Crippen molar-refractivity contribution in [3.8, 4) is 11.5 Å². The number of benzene rings is 1. The first-order chi connectivity index (χ1) is 17.2. The second-order valence-electron chi connectivity index (χ2n) is 10.5. The van der Waals surface area contributed by atoms with Gasteiger partial charge in [0.1, 0.15) is 36.9 Å². The number of ether oxygens (including phenoxy) is 3. The summed E-state index contributed by atoms with van der Waals surface area (Å²) in [5.74, 6) is 0.0155. The van der Waals surface area contributed by atoms with E-state index in [1.807, 2.05) is 13.0 Å². The van der Waals surface area contributed by atoms with Gasteiger partial charge >= 0.3 is 13.6 Å². The Hall–Kier alpha value is -2.26. The maximum atomic E-state index is 13.2. The standard InChI is InChI=1S/C26H39O9PSi/c1-17(16-36(30,34-13-18(2)27)35-14-19(3)28)9-10-21-24(31-5)20(4)22-15-33-26(29)23(22)25(21)32-11-12-37(6,7)8/h9H,10-16H2,1-8H3. The van der Waals surface area contributed by atoms with Gasteiger partial charge in [0.05, 0.1) is 19.9 Å². The second-order valence-corrected chi connectivity index (χ2v) is 18.2. The van der Waals surface area contributed by atoms with Crippen LogP contribution in [0.2, 0.25) is 25.7 Å². The zero-order valence-electron chi connectivity index (χ0n) is 23.1. The van der Waals surface area contributed by atoms with Crippen LogP contribution in [-0.4, -0.2) is 58.7 Å². The first kappa shape index (κ1) is 31.0. The summed E-state index contributed by atoms with van der Waals surface area (Å²) in [7, 11) is -3.57. The fraction of sp³-hybridized carbons (Fsp3) is 0.577. The van der Waals surface area contributed by atoms with Crippen molar-refractivity contribution in [1.82, 2.24) is 0 Å². The number of methoxy groups -OCH3 is 1. The highest BCUT2D eigenvalue weighted by Crippen LogP contribution is 2.50. The Labute approximate surface area is 220 Å². The normalized spacial score (nSPS) is 13.8. The number of carbonyl (C=O) groups is 3. The van der Waals surface area contributed by atoms with Gasteiger partial charge in [0.25, 0.3) is 0 Å². The molecular weight excluding hydrogens is 515 g/mol. The summed E-state index contributed by atoms with van der Waals surface area (Å²) in [6.07, 6.45) is 2.04. The van der Waals surface area contributed by atoms with Crippen molar-refractivity contribution >= 4 is 33.2 Å². The van der Waals surface area contributed by atoms with E-state index in [2.05, 4.69) is 19.6 Å². The number of esters is 1. The minimum Gasteiger partial charge on any atom is -0.496 e. The summed E-state index contributed by atoms with van der Waals surface area (Å²) in [6, 6.07) is 0.908. The SMILES string of the molecule is COc1c(C)c2c(c(OCC[Si](C)(C)C)c1CC=C(C)CP(=O)(OCC(C)=O)OCC(C)=O)C(=O)OC2. The van der Waals surface area contributed by atoms with Gasteiger partial charge in [-0.15, -0.1) is 0 Å². The molecule has 0 spiro atoms. The predicted octanol–water partition coefficient (Wildman–Crippen LogP) is 5.28. The molecule has 1 aromatic rings. The monoisotopic (exact) mass is 554 g/mol. The van der Waals surface area contributed by atoms with Gasteiger partial charge < -0.3 is 23.3 Å². The zero-order valence-corrected chi connectivity index (χ0v) is 25.0. The molecule has 0 fully saturated rings. The van der Waals surface area contributed by atoms with Gasteiger partial charge in [-0.2, -0.15) is 0 Å². The number of Topliss-reactive ketones (excluding diaryl/α,β-unsaturated/α-hetero) is 2. The first-order valence-corrected chi connectivity index (χ1v) is 17.7. The summed E-state index contributed by atoms with van der Waals surface area (Å²) < 4.78 is 41.1. The molecule has 1 aliphatic heterocycles. The van der Waals surface area contributed by atoms with Crippen LogP contribution < -0.4 is 9.47 Å². The highest BCUT2D eigenvalue weighted by molar-refractivity contribution is 7.54. The lowest BCUT2D eigenvalue weighted by atomic mass is 9.95. The molecule has 11 heteroatoms. The maximum absolute atomic E-state index is 13.2. The molecule has 0 aliphatic carbocycles. The molecule has 9 nitrogen and oxygen atoms in total. The maximum Gasteiger partial charge on any atom is 0.342 e. The van der Waals surface area contributed by atoms with Crippen LogP contribution in [0.1, 0.15) is 47.8 Å². The third-order valence-electron chi connectivity index (χ3n) is 5.75. The Morgan fingerprint density at radius 3 is 2.16 bits per heavy atom. The number of cyclic esters (lactones) is 1. The Morgan fingerprint density at radius 1 is 1.05 bits per heavy atom. The molecule has 0 aromatic heterocycles. The molecule has 1 aromatic carbocycles. The minimum atomic E-state index is -3.75. The molecule has 0 saturated carbocycles. The van der Waals surface area contributed by atoms with E-state index in [1.54, 1.807) is 14.0 Å². The van der Waals surface area contributed by atoms with Crippen LogP contribution in [0.5, 0.6) is 11.5 Å². The van der Waals surface area contributed by atoms with E-state index in [9.17, 15) is 18.9 Å². The number of fused-ring (bicyclic) bond motifs is 1. The lowest BCUT2D eigenvalue weighted by Gasteiger charge is -2.22. The third kappa shape index (κ3) is 8.92. The molecule has 1 heterocycles. The van der Waals surface area contributed by atoms with Gasteiger partial charge in [-0.25, -0.2) is 4.79 Å². The molecule has 0 atom stereocenters. The van der Waals surface area contributed by atoms with Crippen LogP contribution in [0.3, 0.4) is 0 Å². The number of hydrogen-bond acceptors (Lipinski definition) is 9. The fourth-order valence-electron chi connectivity index (χ4n) is 3.78. The van der Waals surface area contributed by atoms with E-state index in [0.717, 1.165) is 17.2 Å².